The second kappa shape index (κ2) is 4.80. The summed E-state index contributed by atoms with van der Waals surface area (Å²) in [6, 6.07) is 12.3. The van der Waals surface area contributed by atoms with E-state index in [2.05, 4.69) is 4.98 Å². The van der Waals surface area contributed by atoms with Gasteiger partial charge in [-0.25, -0.2) is 9.37 Å². The third kappa shape index (κ3) is 2.02. The summed E-state index contributed by atoms with van der Waals surface area (Å²) in [7, 11) is 0. The molecule has 0 saturated heterocycles. The van der Waals surface area contributed by atoms with Crippen molar-refractivity contribution in [3.8, 4) is 0 Å². The largest absolute Gasteiger partial charge is 0.369 e. The Hall–Kier alpha value is -2.07. The molecule has 0 spiro atoms. The van der Waals surface area contributed by atoms with Crippen molar-refractivity contribution in [2.75, 3.05) is 5.73 Å². The molecule has 2 aromatic carbocycles. The number of hydrogen-bond donors (Lipinski definition) is 1. The van der Waals surface area contributed by atoms with E-state index in [1.54, 1.807) is 6.07 Å². The van der Waals surface area contributed by atoms with Gasteiger partial charge >= 0.3 is 0 Å². The van der Waals surface area contributed by atoms with Crippen LogP contribution in [-0.2, 0) is 0 Å². The molecule has 0 aliphatic heterocycles. The minimum absolute atomic E-state index is 0.0829. The summed E-state index contributed by atoms with van der Waals surface area (Å²) in [6.45, 7) is 1.98. The number of nitrogen functional groups attached to an aromatic ring is 1. The Morgan fingerprint density at radius 2 is 2.00 bits per heavy atom. The molecule has 3 rings (SSSR count). The number of halogens is 2. The average molecular weight is 290 g/mol. The van der Waals surface area contributed by atoms with E-state index in [9.17, 15) is 4.39 Å². The van der Waals surface area contributed by atoms with Crippen molar-refractivity contribution in [2.24, 2.45) is 0 Å². The maximum absolute atomic E-state index is 13.8. The number of benzene rings is 2. The highest BCUT2D eigenvalue weighted by atomic mass is 35.5. The molecule has 3 aromatic rings. The molecule has 0 bridgehead atoms. The SMILES string of the molecule is CC(c1cccc(Cl)c1)n1c(N)nc2c(F)cccc21. The Balaban J connectivity index is 2.19. The van der Waals surface area contributed by atoms with E-state index in [-0.39, 0.29) is 17.8 Å². The first kappa shape index (κ1) is 12.9. The third-order valence-corrected chi connectivity index (χ3v) is 3.65. The molecule has 0 fully saturated rings. The number of hydrogen-bond acceptors (Lipinski definition) is 2. The van der Waals surface area contributed by atoms with E-state index in [0.29, 0.717) is 16.1 Å². The molecule has 5 heteroatoms. The summed E-state index contributed by atoms with van der Waals surface area (Å²) < 4.78 is 15.6. The monoisotopic (exact) mass is 289 g/mol. The number of nitrogens with zero attached hydrogens (tertiary/aromatic N) is 2. The summed E-state index contributed by atoms with van der Waals surface area (Å²) in [6.07, 6.45) is 0. The zero-order valence-electron chi connectivity index (χ0n) is 10.8. The van der Waals surface area contributed by atoms with E-state index in [0.717, 1.165) is 5.56 Å². The summed E-state index contributed by atoms with van der Waals surface area (Å²) in [4.78, 5) is 4.11. The Morgan fingerprint density at radius 3 is 2.75 bits per heavy atom. The second-order valence-corrected chi connectivity index (χ2v) is 5.11. The Morgan fingerprint density at radius 1 is 1.25 bits per heavy atom. The van der Waals surface area contributed by atoms with E-state index in [1.807, 2.05) is 41.8 Å². The molecule has 1 aromatic heterocycles. The van der Waals surface area contributed by atoms with Crippen LogP contribution in [-0.4, -0.2) is 9.55 Å². The Bertz CT molecular complexity index is 782. The minimum Gasteiger partial charge on any atom is -0.369 e. The highest BCUT2D eigenvalue weighted by Crippen LogP contribution is 2.29. The first-order valence-corrected chi connectivity index (χ1v) is 6.63. The van der Waals surface area contributed by atoms with Crippen molar-refractivity contribution in [1.29, 1.82) is 0 Å². The number of rotatable bonds is 2. The van der Waals surface area contributed by atoms with Gasteiger partial charge in [-0.15, -0.1) is 0 Å². The lowest BCUT2D eigenvalue weighted by atomic mass is 10.1. The molecular formula is C15H13ClFN3. The molecule has 1 atom stereocenters. The second-order valence-electron chi connectivity index (χ2n) is 4.68. The average Bonchev–Trinajstić information content (AvgIpc) is 2.76. The van der Waals surface area contributed by atoms with Crippen LogP contribution in [0.2, 0.25) is 5.02 Å². The minimum atomic E-state index is -0.369. The first-order chi connectivity index (χ1) is 9.58. The first-order valence-electron chi connectivity index (χ1n) is 6.25. The zero-order chi connectivity index (χ0) is 14.3. The van der Waals surface area contributed by atoms with Gasteiger partial charge in [0.2, 0.25) is 5.95 Å². The fourth-order valence-corrected chi connectivity index (χ4v) is 2.62. The van der Waals surface area contributed by atoms with E-state index in [4.69, 9.17) is 17.3 Å². The summed E-state index contributed by atoms with van der Waals surface area (Å²) in [5.41, 5.74) is 7.91. The summed E-state index contributed by atoms with van der Waals surface area (Å²) in [5.74, 6) is -0.0798. The lowest BCUT2D eigenvalue weighted by Gasteiger charge is -2.16. The molecule has 20 heavy (non-hydrogen) atoms. The normalized spacial score (nSPS) is 12.8. The highest BCUT2D eigenvalue weighted by Gasteiger charge is 2.17. The predicted octanol–water partition coefficient (Wildman–Crippen LogP) is 4.02. The maximum Gasteiger partial charge on any atom is 0.201 e. The molecule has 0 radical (unpaired) electrons. The fourth-order valence-electron chi connectivity index (χ4n) is 2.42. The van der Waals surface area contributed by atoms with Crippen molar-refractivity contribution in [1.82, 2.24) is 9.55 Å². The van der Waals surface area contributed by atoms with E-state index >= 15 is 0 Å². The molecule has 0 aliphatic rings. The quantitative estimate of drug-likeness (QED) is 0.774. The van der Waals surface area contributed by atoms with Gasteiger partial charge < -0.3 is 10.3 Å². The van der Waals surface area contributed by atoms with Gasteiger partial charge in [-0.05, 0) is 36.8 Å². The molecule has 102 valence electrons. The van der Waals surface area contributed by atoms with Gasteiger partial charge in [0.15, 0.2) is 5.82 Å². The van der Waals surface area contributed by atoms with Crippen LogP contribution in [0.25, 0.3) is 11.0 Å². The van der Waals surface area contributed by atoms with Gasteiger partial charge in [-0.1, -0.05) is 29.8 Å². The van der Waals surface area contributed by atoms with Crippen LogP contribution in [0.3, 0.4) is 0 Å². The lowest BCUT2D eigenvalue weighted by molar-refractivity contribution is 0.636. The maximum atomic E-state index is 13.8. The molecule has 2 N–H and O–H groups in total. The Kier molecular flexibility index (Phi) is 3.10. The fraction of sp³-hybridized carbons (Fsp3) is 0.133. The molecule has 1 unspecified atom stereocenters. The number of nitrogens with two attached hydrogens (primary N) is 1. The van der Waals surface area contributed by atoms with Crippen LogP contribution in [0.4, 0.5) is 10.3 Å². The highest BCUT2D eigenvalue weighted by molar-refractivity contribution is 6.30. The summed E-state index contributed by atoms with van der Waals surface area (Å²) >= 11 is 6.02. The van der Waals surface area contributed by atoms with Gasteiger partial charge in [0.1, 0.15) is 5.52 Å². The van der Waals surface area contributed by atoms with Crippen LogP contribution >= 0.6 is 11.6 Å². The zero-order valence-corrected chi connectivity index (χ0v) is 11.6. The predicted molar refractivity (Wildman–Crippen MR) is 79.4 cm³/mol. The van der Waals surface area contributed by atoms with Gasteiger partial charge in [-0.3, -0.25) is 0 Å². The van der Waals surface area contributed by atoms with Gasteiger partial charge in [-0.2, -0.15) is 0 Å². The van der Waals surface area contributed by atoms with Gasteiger partial charge in [0, 0.05) is 5.02 Å². The Labute approximate surface area is 120 Å². The molecule has 3 nitrogen and oxygen atoms in total. The van der Waals surface area contributed by atoms with Crippen molar-refractivity contribution < 1.29 is 4.39 Å². The summed E-state index contributed by atoms with van der Waals surface area (Å²) in [5, 5.41) is 0.656. The number of para-hydroxylation sites is 1. The third-order valence-electron chi connectivity index (χ3n) is 3.42. The number of aromatic nitrogens is 2. The van der Waals surface area contributed by atoms with Crippen molar-refractivity contribution in [3.63, 3.8) is 0 Å². The van der Waals surface area contributed by atoms with E-state index < -0.39 is 0 Å². The van der Waals surface area contributed by atoms with Crippen LogP contribution in [0.1, 0.15) is 18.5 Å². The topological polar surface area (TPSA) is 43.8 Å². The van der Waals surface area contributed by atoms with Crippen molar-refractivity contribution in [3.05, 3.63) is 58.9 Å². The van der Waals surface area contributed by atoms with E-state index in [1.165, 1.54) is 6.07 Å². The number of imidazole rings is 1. The van der Waals surface area contributed by atoms with Crippen molar-refractivity contribution in [2.45, 2.75) is 13.0 Å². The van der Waals surface area contributed by atoms with Crippen LogP contribution in [0, 0.1) is 5.82 Å². The lowest BCUT2D eigenvalue weighted by Crippen LogP contribution is -2.10. The van der Waals surface area contributed by atoms with Crippen LogP contribution in [0.5, 0.6) is 0 Å². The number of anilines is 1. The molecule has 0 aliphatic carbocycles. The molecule has 0 saturated carbocycles. The molecule has 0 amide bonds. The smallest absolute Gasteiger partial charge is 0.201 e. The molecular weight excluding hydrogens is 277 g/mol. The standard InChI is InChI=1S/C15H13ClFN3/c1-9(10-4-2-5-11(16)8-10)20-13-7-3-6-12(17)14(13)19-15(20)18/h2-9H,1H3,(H2,18,19). The van der Waals surface area contributed by atoms with Gasteiger partial charge in [0.25, 0.3) is 0 Å². The van der Waals surface area contributed by atoms with Crippen LogP contribution < -0.4 is 5.73 Å². The molecule has 1 heterocycles. The number of fused-ring (bicyclic) bond motifs is 1. The van der Waals surface area contributed by atoms with Crippen LogP contribution in [0.15, 0.2) is 42.5 Å². The van der Waals surface area contributed by atoms with Gasteiger partial charge in [0.05, 0.1) is 11.6 Å². The van der Waals surface area contributed by atoms with Crippen molar-refractivity contribution >= 4 is 28.6 Å².